The fraction of sp³-hybridized carbons (Fsp3) is 0.250. The van der Waals surface area contributed by atoms with Crippen molar-refractivity contribution in [3.63, 3.8) is 0 Å². The van der Waals surface area contributed by atoms with Crippen LogP contribution in [0.3, 0.4) is 0 Å². The summed E-state index contributed by atoms with van der Waals surface area (Å²) in [4.78, 5) is 29.4. The molecule has 1 aliphatic heterocycles. The summed E-state index contributed by atoms with van der Waals surface area (Å²) >= 11 is 0. The Bertz CT molecular complexity index is 1140. The Balaban J connectivity index is 1.24. The topological polar surface area (TPSA) is 95.2 Å². The minimum atomic E-state index is -0.796. The molecule has 1 aromatic carbocycles. The first kappa shape index (κ1) is 19.2. The minimum Gasteiger partial charge on any atom is -0.619 e. The van der Waals surface area contributed by atoms with E-state index in [-0.39, 0.29) is 11.8 Å². The SMILES string of the molecule is O=C1OC2(CCC(C(=O)Nc3ccc(-c4ccccc4)nc3)CC2)c2c[n+]([O-])ccc21. The molecule has 2 aromatic heterocycles. The molecule has 3 heterocycles. The summed E-state index contributed by atoms with van der Waals surface area (Å²) in [5.41, 5.74) is 2.79. The van der Waals surface area contributed by atoms with Gasteiger partial charge < -0.3 is 15.3 Å². The lowest BCUT2D eigenvalue weighted by Gasteiger charge is -2.35. The molecule has 7 nitrogen and oxygen atoms in total. The van der Waals surface area contributed by atoms with Crippen LogP contribution in [0.25, 0.3) is 11.3 Å². The summed E-state index contributed by atoms with van der Waals surface area (Å²) in [6.45, 7) is 0. The van der Waals surface area contributed by atoms with Gasteiger partial charge in [0, 0.05) is 17.5 Å². The number of carbonyl (C=O) groups excluding carboxylic acids is 2. The second-order valence-corrected chi connectivity index (χ2v) is 8.08. The molecule has 1 aliphatic carbocycles. The lowest BCUT2D eigenvalue weighted by Crippen LogP contribution is -2.37. The molecular formula is C24H21N3O4. The van der Waals surface area contributed by atoms with Crippen LogP contribution in [0.2, 0.25) is 0 Å². The van der Waals surface area contributed by atoms with E-state index in [0.717, 1.165) is 11.3 Å². The fourth-order valence-electron chi connectivity index (χ4n) is 4.52. The Morgan fingerprint density at radius 1 is 1.13 bits per heavy atom. The molecule has 1 N–H and O–H groups in total. The Hall–Kier alpha value is -3.74. The van der Waals surface area contributed by atoms with Crippen molar-refractivity contribution in [1.82, 2.24) is 4.98 Å². The third-order valence-electron chi connectivity index (χ3n) is 6.20. The summed E-state index contributed by atoms with van der Waals surface area (Å²) in [6, 6.07) is 15.1. The third-order valence-corrected chi connectivity index (χ3v) is 6.20. The van der Waals surface area contributed by atoms with Crippen LogP contribution in [-0.4, -0.2) is 16.9 Å². The van der Waals surface area contributed by atoms with Crippen LogP contribution in [0.5, 0.6) is 0 Å². The summed E-state index contributed by atoms with van der Waals surface area (Å²) in [6.07, 6.45) is 6.55. The van der Waals surface area contributed by atoms with E-state index in [2.05, 4.69) is 10.3 Å². The number of pyridine rings is 2. The van der Waals surface area contributed by atoms with Gasteiger partial charge in [0.25, 0.3) is 0 Å². The Kier molecular flexibility index (Phi) is 4.66. The van der Waals surface area contributed by atoms with Gasteiger partial charge in [-0.15, -0.1) is 0 Å². The number of benzene rings is 1. The number of hydrogen-bond acceptors (Lipinski definition) is 5. The predicted octanol–water partition coefficient (Wildman–Crippen LogP) is 3.58. The number of carbonyl (C=O) groups is 2. The number of nitrogens with one attached hydrogen (secondary N) is 1. The van der Waals surface area contributed by atoms with Crippen LogP contribution in [0.15, 0.2) is 67.1 Å². The highest BCUT2D eigenvalue weighted by Gasteiger charge is 2.50. The molecule has 31 heavy (non-hydrogen) atoms. The zero-order valence-electron chi connectivity index (χ0n) is 16.8. The largest absolute Gasteiger partial charge is 0.619 e. The molecule has 3 aromatic rings. The summed E-state index contributed by atoms with van der Waals surface area (Å²) in [7, 11) is 0. The highest BCUT2D eigenvalue weighted by molar-refractivity contribution is 5.95. The lowest BCUT2D eigenvalue weighted by atomic mass is 9.75. The van der Waals surface area contributed by atoms with Gasteiger partial charge in [-0.3, -0.25) is 9.78 Å². The van der Waals surface area contributed by atoms with Gasteiger partial charge in [0.05, 0.1) is 28.7 Å². The molecule has 1 saturated carbocycles. The molecule has 1 amide bonds. The highest BCUT2D eigenvalue weighted by Crippen LogP contribution is 2.47. The van der Waals surface area contributed by atoms with Crippen molar-refractivity contribution in [2.75, 3.05) is 5.32 Å². The van der Waals surface area contributed by atoms with Gasteiger partial charge in [0.1, 0.15) is 5.60 Å². The normalized spacial score (nSPS) is 22.1. The van der Waals surface area contributed by atoms with Crippen LogP contribution >= 0.6 is 0 Å². The number of anilines is 1. The summed E-state index contributed by atoms with van der Waals surface area (Å²) < 4.78 is 6.37. The average Bonchev–Trinajstić information content (AvgIpc) is 3.05. The second kappa shape index (κ2) is 7.50. The van der Waals surface area contributed by atoms with E-state index < -0.39 is 11.6 Å². The molecule has 2 aliphatic rings. The van der Waals surface area contributed by atoms with E-state index in [0.29, 0.717) is 47.2 Å². The van der Waals surface area contributed by atoms with Crippen molar-refractivity contribution in [3.8, 4) is 11.3 Å². The third kappa shape index (κ3) is 3.52. The zero-order chi connectivity index (χ0) is 21.4. The van der Waals surface area contributed by atoms with Crippen molar-refractivity contribution in [2.45, 2.75) is 31.3 Å². The molecule has 0 unspecified atom stereocenters. The number of fused-ring (bicyclic) bond motifs is 2. The Morgan fingerprint density at radius 3 is 2.61 bits per heavy atom. The smallest absolute Gasteiger partial charge is 0.339 e. The van der Waals surface area contributed by atoms with Crippen molar-refractivity contribution in [2.24, 2.45) is 5.92 Å². The zero-order valence-corrected chi connectivity index (χ0v) is 16.8. The second-order valence-electron chi connectivity index (χ2n) is 8.08. The molecule has 5 rings (SSSR count). The standard InChI is InChI=1S/C24H21N3O4/c28-22(26-18-6-7-21(25-14-18)16-4-2-1-3-5-16)17-8-11-24(12-9-17)20-15-27(30)13-10-19(20)23(29)31-24/h1-7,10,13-15,17H,8-9,11-12H2,(H,26,28). The number of hydrogen-bond donors (Lipinski definition) is 1. The van der Waals surface area contributed by atoms with Gasteiger partial charge in [-0.2, -0.15) is 4.73 Å². The van der Waals surface area contributed by atoms with Gasteiger partial charge >= 0.3 is 5.97 Å². The Morgan fingerprint density at radius 2 is 1.90 bits per heavy atom. The lowest BCUT2D eigenvalue weighted by molar-refractivity contribution is -0.606. The quantitative estimate of drug-likeness (QED) is 0.401. The molecule has 1 spiro atoms. The van der Waals surface area contributed by atoms with E-state index in [9.17, 15) is 14.8 Å². The van der Waals surface area contributed by atoms with E-state index in [1.54, 1.807) is 6.20 Å². The van der Waals surface area contributed by atoms with Gasteiger partial charge in [0.15, 0.2) is 12.4 Å². The number of aromatic nitrogens is 2. The van der Waals surface area contributed by atoms with Crippen LogP contribution in [0.1, 0.15) is 41.6 Å². The maximum atomic E-state index is 12.8. The summed E-state index contributed by atoms with van der Waals surface area (Å²) in [5, 5.41) is 14.7. The summed E-state index contributed by atoms with van der Waals surface area (Å²) in [5.74, 6) is -0.658. The van der Waals surface area contributed by atoms with E-state index >= 15 is 0 Å². The monoisotopic (exact) mass is 415 g/mol. The highest BCUT2D eigenvalue weighted by atomic mass is 16.6. The van der Waals surface area contributed by atoms with Crippen molar-refractivity contribution in [3.05, 3.63) is 83.5 Å². The van der Waals surface area contributed by atoms with E-state index in [4.69, 9.17) is 4.74 Å². The first-order valence-corrected chi connectivity index (χ1v) is 10.3. The van der Waals surface area contributed by atoms with Crippen LogP contribution in [0, 0.1) is 11.1 Å². The minimum absolute atomic E-state index is 0.0689. The maximum absolute atomic E-state index is 12.8. The number of amides is 1. The molecule has 0 atom stereocenters. The first-order valence-electron chi connectivity index (χ1n) is 10.3. The van der Waals surface area contributed by atoms with Gasteiger partial charge in [0.2, 0.25) is 5.91 Å². The maximum Gasteiger partial charge on any atom is 0.339 e. The Labute approximate surface area is 179 Å². The van der Waals surface area contributed by atoms with Gasteiger partial charge in [-0.1, -0.05) is 30.3 Å². The van der Waals surface area contributed by atoms with Gasteiger partial charge in [-0.25, -0.2) is 4.79 Å². The van der Waals surface area contributed by atoms with E-state index in [1.165, 1.54) is 18.5 Å². The first-order chi connectivity index (χ1) is 15.0. The van der Waals surface area contributed by atoms with Crippen molar-refractivity contribution >= 4 is 17.6 Å². The number of esters is 1. The van der Waals surface area contributed by atoms with E-state index in [1.807, 2.05) is 42.5 Å². The van der Waals surface area contributed by atoms with Crippen LogP contribution < -0.4 is 10.0 Å². The molecule has 0 bridgehead atoms. The number of ether oxygens (including phenoxy) is 1. The number of rotatable bonds is 3. The average molecular weight is 415 g/mol. The van der Waals surface area contributed by atoms with Crippen molar-refractivity contribution in [1.29, 1.82) is 0 Å². The molecule has 1 fully saturated rings. The molecular weight excluding hydrogens is 394 g/mol. The van der Waals surface area contributed by atoms with Crippen molar-refractivity contribution < 1.29 is 19.1 Å². The molecule has 7 heteroatoms. The predicted molar refractivity (Wildman–Crippen MR) is 113 cm³/mol. The molecule has 0 radical (unpaired) electrons. The van der Waals surface area contributed by atoms with Gasteiger partial charge in [-0.05, 0) is 37.8 Å². The van der Waals surface area contributed by atoms with Crippen LogP contribution in [-0.2, 0) is 15.1 Å². The molecule has 0 saturated heterocycles. The fourth-order valence-corrected chi connectivity index (χ4v) is 4.52. The van der Waals surface area contributed by atoms with Crippen LogP contribution in [0.4, 0.5) is 5.69 Å². The molecule has 156 valence electrons. The number of nitrogens with zero attached hydrogens (tertiary/aromatic N) is 2.